The number of hydrogen-bond acceptors (Lipinski definition) is 4. The van der Waals surface area contributed by atoms with Crippen molar-refractivity contribution in [1.29, 1.82) is 0 Å². The lowest BCUT2D eigenvalue weighted by molar-refractivity contribution is -0.121. The monoisotopic (exact) mass is 460 g/mol. The first kappa shape index (κ1) is 25.7. The Morgan fingerprint density at radius 2 is 1.59 bits per heavy atom. The van der Waals surface area contributed by atoms with Gasteiger partial charge in [0.25, 0.3) is 0 Å². The molecule has 0 aliphatic heterocycles. The molecule has 1 amide bonds. The molecule has 176 valence electrons. The summed E-state index contributed by atoms with van der Waals surface area (Å²) in [6.45, 7) is 7.21. The molecular formula is C25H36N2O4S. The molecule has 2 aromatic rings. The van der Waals surface area contributed by atoms with Crippen LogP contribution in [0.1, 0.15) is 50.3 Å². The zero-order chi connectivity index (χ0) is 23.6. The molecule has 7 heteroatoms. The molecule has 0 saturated carbocycles. The summed E-state index contributed by atoms with van der Waals surface area (Å²) in [5, 5.41) is 2.84. The summed E-state index contributed by atoms with van der Waals surface area (Å²) < 4.78 is 32.2. The molecule has 0 aliphatic carbocycles. The van der Waals surface area contributed by atoms with Gasteiger partial charge in [-0.1, -0.05) is 51.1 Å². The average molecular weight is 461 g/mol. The number of anilines is 1. The van der Waals surface area contributed by atoms with Crippen LogP contribution in [0.25, 0.3) is 0 Å². The van der Waals surface area contributed by atoms with Crippen molar-refractivity contribution in [2.75, 3.05) is 30.3 Å². The molecule has 0 atom stereocenters. The van der Waals surface area contributed by atoms with Gasteiger partial charge in [-0.2, -0.15) is 0 Å². The maximum Gasteiger partial charge on any atom is 0.232 e. The first-order valence-electron chi connectivity index (χ1n) is 11.4. The second kappa shape index (κ2) is 12.5. The Hall–Kier alpha value is -2.54. The van der Waals surface area contributed by atoms with Crippen LogP contribution in [-0.4, -0.2) is 40.3 Å². The molecule has 0 fully saturated rings. The van der Waals surface area contributed by atoms with Crippen molar-refractivity contribution in [2.45, 2.75) is 52.9 Å². The van der Waals surface area contributed by atoms with Gasteiger partial charge in [0.05, 0.1) is 18.5 Å². The molecule has 32 heavy (non-hydrogen) atoms. The van der Waals surface area contributed by atoms with Gasteiger partial charge in [-0.3, -0.25) is 9.10 Å². The summed E-state index contributed by atoms with van der Waals surface area (Å²) in [6.07, 6.45) is 4.40. The number of hydrogen-bond donors (Lipinski definition) is 1. The van der Waals surface area contributed by atoms with E-state index in [-0.39, 0.29) is 18.9 Å². The number of rotatable bonds is 13. The van der Waals surface area contributed by atoms with Gasteiger partial charge in [0.1, 0.15) is 12.4 Å². The minimum Gasteiger partial charge on any atom is -0.492 e. The third kappa shape index (κ3) is 7.55. The van der Waals surface area contributed by atoms with Gasteiger partial charge in [-0.15, -0.1) is 0 Å². The Balaban J connectivity index is 1.86. The van der Waals surface area contributed by atoms with E-state index in [1.54, 1.807) is 0 Å². The number of amides is 1. The van der Waals surface area contributed by atoms with E-state index in [2.05, 4.69) is 12.2 Å². The van der Waals surface area contributed by atoms with Crippen molar-refractivity contribution >= 4 is 21.6 Å². The lowest BCUT2D eigenvalue weighted by Crippen LogP contribution is -2.34. The van der Waals surface area contributed by atoms with E-state index in [0.717, 1.165) is 41.8 Å². The molecule has 2 rings (SSSR count). The minimum absolute atomic E-state index is 0.108. The zero-order valence-corrected chi connectivity index (χ0v) is 20.5. The van der Waals surface area contributed by atoms with E-state index in [1.807, 2.05) is 56.3 Å². The topological polar surface area (TPSA) is 75.7 Å². The molecule has 0 spiro atoms. The highest BCUT2D eigenvalue weighted by Crippen LogP contribution is 2.29. The molecular weight excluding hydrogens is 424 g/mol. The molecule has 0 bridgehead atoms. The molecule has 2 aromatic carbocycles. The van der Waals surface area contributed by atoms with E-state index in [1.165, 1.54) is 16.1 Å². The molecule has 0 radical (unpaired) electrons. The second-order valence-corrected chi connectivity index (χ2v) is 9.67. The first-order valence-corrected chi connectivity index (χ1v) is 13.2. The molecule has 6 nitrogen and oxygen atoms in total. The van der Waals surface area contributed by atoms with Crippen LogP contribution >= 0.6 is 0 Å². The molecule has 0 aromatic heterocycles. The summed E-state index contributed by atoms with van der Waals surface area (Å²) in [5.41, 5.74) is 4.02. The van der Waals surface area contributed by atoms with E-state index < -0.39 is 10.0 Å². The highest BCUT2D eigenvalue weighted by Gasteiger charge is 2.22. The van der Waals surface area contributed by atoms with E-state index >= 15 is 0 Å². The van der Waals surface area contributed by atoms with Gasteiger partial charge in [0, 0.05) is 13.0 Å². The smallest absolute Gasteiger partial charge is 0.232 e. The van der Waals surface area contributed by atoms with Gasteiger partial charge >= 0.3 is 0 Å². The fraction of sp³-hybridized carbons (Fsp3) is 0.480. The van der Waals surface area contributed by atoms with Crippen molar-refractivity contribution in [1.82, 2.24) is 5.32 Å². The fourth-order valence-corrected chi connectivity index (χ4v) is 4.66. The van der Waals surface area contributed by atoms with Crippen LogP contribution in [0.5, 0.6) is 5.75 Å². The lowest BCUT2D eigenvalue weighted by atomic mass is 10.0. The Morgan fingerprint density at radius 1 is 0.969 bits per heavy atom. The predicted molar refractivity (Wildman–Crippen MR) is 131 cm³/mol. The van der Waals surface area contributed by atoms with Crippen molar-refractivity contribution in [3.05, 3.63) is 59.2 Å². The third-order valence-corrected chi connectivity index (χ3v) is 6.57. The quantitative estimate of drug-likeness (QED) is 0.456. The molecule has 1 N–H and O–H groups in total. The van der Waals surface area contributed by atoms with Crippen LogP contribution < -0.4 is 14.4 Å². The summed E-state index contributed by atoms with van der Waals surface area (Å²) in [6, 6.07) is 13.8. The molecule has 0 saturated heterocycles. The van der Waals surface area contributed by atoms with E-state index in [9.17, 15) is 13.2 Å². The number of nitrogens with zero attached hydrogens (tertiary/aromatic N) is 1. The predicted octanol–water partition coefficient (Wildman–Crippen LogP) is 4.12. The SMILES string of the molecule is CCc1ccc(OCCNC(=O)CCCN(c2c(CC)cccc2CC)S(C)(=O)=O)cc1. The summed E-state index contributed by atoms with van der Waals surface area (Å²) >= 11 is 0. The number of benzene rings is 2. The third-order valence-electron chi connectivity index (χ3n) is 5.40. The van der Waals surface area contributed by atoms with Gasteiger partial charge in [0.2, 0.25) is 15.9 Å². The molecule has 0 unspecified atom stereocenters. The van der Waals surface area contributed by atoms with Crippen molar-refractivity contribution in [3.63, 3.8) is 0 Å². The molecule has 0 heterocycles. The maximum absolute atomic E-state index is 12.5. The number of carbonyl (C=O) groups is 1. The minimum atomic E-state index is -3.46. The summed E-state index contributed by atoms with van der Waals surface area (Å²) in [4.78, 5) is 12.2. The summed E-state index contributed by atoms with van der Waals surface area (Å²) in [5.74, 6) is 0.671. The Labute approximate surface area is 193 Å². The number of aryl methyl sites for hydroxylation is 3. The van der Waals surface area contributed by atoms with Crippen LogP contribution in [0.3, 0.4) is 0 Å². The number of ether oxygens (including phenoxy) is 1. The van der Waals surface area contributed by atoms with E-state index in [0.29, 0.717) is 19.6 Å². The van der Waals surface area contributed by atoms with Crippen LogP contribution in [0.15, 0.2) is 42.5 Å². The Bertz CT molecular complexity index is 950. The number of carbonyl (C=O) groups excluding carboxylic acids is 1. The van der Waals surface area contributed by atoms with Gasteiger partial charge < -0.3 is 10.1 Å². The van der Waals surface area contributed by atoms with Gasteiger partial charge in [-0.05, 0) is 54.5 Å². The van der Waals surface area contributed by atoms with Gasteiger partial charge in [-0.25, -0.2) is 8.42 Å². The van der Waals surface area contributed by atoms with Crippen LogP contribution in [0, 0.1) is 0 Å². The molecule has 0 aliphatic rings. The first-order chi connectivity index (χ1) is 15.3. The van der Waals surface area contributed by atoms with Crippen LogP contribution in [0.4, 0.5) is 5.69 Å². The normalized spacial score (nSPS) is 11.2. The highest BCUT2D eigenvalue weighted by atomic mass is 32.2. The van der Waals surface area contributed by atoms with Crippen molar-refractivity contribution in [3.8, 4) is 5.75 Å². The maximum atomic E-state index is 12.5. The number of sulfonamides is 1. The fourth-order valence-electron chi connectivity index (χ4n) is 3.63. The standard InChI is InChI=1S/C25H36N2O4S/c1-5-20-13-15-23(16-14-20)31-19-17-26-24(28)12-9-18-27(32(4,29)30)25-21(6-2)10-8-11-22(25)7-3/h8,10-11,13-16H,5-7,9,12,17-19H2,1-4H3,(H,26,28). The number of nitrogens with one attached hydrogen (secondary N) is 1. The van der Waals surface area contributed by atoms with Crippen LogP contribution in [0.2, 0.25) is 0 Å². The lowest BCUT2D eigenvalue weighted by Gasteiger charge is -2.27. The second-order valence-electron chi connectivity index (χ2n) is 7.77. The van der Waals surface area contributed by atoms with Crippen LogP contribution in [-0.2, 0) is 34.1 Å². The number of para-hydroxylation sites is 1. The van der Waals surface area contributed by atoms with Crippen molar-refractivity contribution in [2.24, 2.45) is 0 Å². The summed E-state index contributed by atoms with van der Waals surface area (Å²) in [7, 11) is -3.46. The Morgan fingerprint density at radius 3 is 2.12 bits per heavy atom. The van der Waals surface area contributed by atoms with Gasteiger partial charge in [0.15, 0.2) is 0 Å². The zero-order valence-electron chi connectivity index (χ0n) is 19.7. The van der Waals surface area contributed by atoms with E-state index in [4.69, 9.17) is 4.74 Å². The van der Waals surface area contributed by atoms with Crippen molar-refractivity contribution < 1.29 is 17.9 Å². The average Bonchev–Trinajstić information content (AvgIpc) is 2.78. The Kier molecular flexibility index (Phi) is 10.0. The highest BCUT2D eigenvalue weighted by molar-refractivity contribution is 7.92. The largest absolute Gasteiger partial charge is 0.492 e.